The number of quaternary nitrogens is 1. The minimum absolute atomic E-state index is 0.0208. The number of anilines is 1. The smallest absolute Gasteiger partial charge is 0.341 e. The Bertz CT molecular complexity index is 1280. The highest BCUT2D eigenvalue weighted by Gasteiger charge is 2.37. The molecule has 1 aliphatic carbocycles. The van der Waals surface area contributed by atoms with Gasteiger partial charge in [-0.1, -0.05) is 5.16 Å². The third-order valence-electron chi connectivity index (χ3n) is 6.11. The largest absolute Gasteiger partial charge is 0.497 e. The molecule has 2 heterocycles. The van der Waals surface area contributed by atoms with Crippen LogP contribution in [0.5, 0.6) is 11.5 Å². The summed E-state index contributed by atoms with van der Waals surface area (Å²) >= 11 is 0. The van der Waals surface area contributed by atoms with Crippen LogP contribution in [-0.2, 0) is 6.54 Å². The van der Waals surface area contributed by atoms with Crippen molar-refractivity contribution in [2.75, 3.05) is 26.2 Å². The molecule has 0 bridgehead atoms. The lowest BCUT2D eigenvalue weighted by molar-refractivity contribution is -0.603. The maximum absolute atomic E-state index is 12.2. The van der Waals surface area contributed by atoms with E-state index in [4.69, 9.17) is 19.4 Å². The lowest BCUT2D eigenvalue weighted by atomic mass is 10.00. The van der Waals surface area contributed by atoms with Crippen molar-refractivity contribution in [1.82, 2.24) is 10.1 Å². The first kappa shape index (κ1) is 25.2. The number of aromatic nitrogens is 2. The Morgan fingerprint density at radius 3 is 2.61 bits per heavy atom. The van der Waals surface area contributed by atoms with Gasteiger partial charge in [-0.15, -0.1) is 0 Å². The Kier molecular flexibility index (Phi) is 7.25. The zero-order valence-electron chi connectivity index (χ0n) is 21.2. The normalized spacial score (nSPS) is 13.1. The highest BCUT2D eigenvalue weighted by molar-refractivity contribution is 6.18. The molecule has 0 aliphatic heterocycles. The topological polar surface area (TPSA) is 138 Å². The number of carboxylic acids is 1. The first-order valence-corrected chi connectivity index (χ1v) is 11.8. The molecule has 0 spiro atoms. The molecule has 2 aromatic heterocycles. The van der Waals surface area contributed by atoms with Gasteiger partial charge in [0.25, 0.3) is 0 Å². The van der Waals surface area contributed by atoms with Crippen molar-refractivity contribution in [3.05, 3.63) is 58.6 Å². The lowest BCUT2D eigenvalue weighted by Crippen LogP contribution is -2.83. The third-order valence-corrected chi connectivity index (χ3v) is 6.11. The van der Waals surface area contributed by atoms with Gasteiger partial charge in [0.1, 0.15) is 45.5 Å². The highest BCUT2D eigenvalue weighted by atomic mass is 16.5. The molecule has 0 saturated heterocycles. The van der Waals surface area contributed by atoms with Crippen LogP contribution in [-0.4, -0.2) is 54.2 Å². The number of aromatic carboxylic acids is 1. The molecule has 1 saturated carbocycles. The quantitative estimate of drug-likeness (QED) is 0.345. The average molecular weight is 495 g/mol. The molecular weight excluding hydrogens is 462 g/mol. The molecule has 1 fully saturated rings. The van der Waals surface area contributed by atoms with E-state index >= 15 is 0 Å². The van der Waals surface area contributed by atoms with E-state index in [9.17, 15) is 9.90 Å². The minimum Gasteiger partial charge on any atom is -0.497 e. The number of hydrogen-bond acceptors (Lipinski definition) is 8. The molecule has 4 N–H and O–H groups in total. The van der Waals surface area contributed by atoms with E-state index in [1.807, 2.05) is 55.4 Å². The molecule has 3 aromatic rings. The molecule has 1 aromatic carbocycles. The van der Waals surface area contributed by atoms with Crippen molar-refractivity contribution < 1.29 is 29.2 Å². The number of carboxylic acid groups (broad SMARTS) is 1. The number of rotatable bonds is 11. The van der Waals surface area contributed by atoms with Crippen LogP contribution in [0.3, 0.4) is 0 Å². The molecule has 0 amide bonds. The maximum Gasteiger partial charge on any atom is 0.341 e. The SMILES string of the molecule is COc1ccc(CN(C)c2nccc([NH2+]C(C)C)c2C(=N)c2noc(C3CC3)c2C(=O)O)c(OC)c1. The lowest BCUT2D eigenvalue weighted by Gasteiger charge is -2.23. The fourth-order valence-electron chi connectivity index (χ4n) is 4.24. The first-order chi connectivity index (χ1) is 17.2. The zero-order chi connectivity index (χ0) is 26.0. The number of pyridine rings is 1. The second-order valence-corrected chi connectivity index (χ2v) is 9.27. The van der Waals surface area contributed by atoms with Gasteiger partial charge in [0.2, 0.25) is 0 Å². The van der Waals surface area contributed by atoms with Crippen LogP contribution in [0.2, 0.25) is 0 Å². The summed E-state index contributed by atoms with van der Waals surface area (Å²) in [6, 6.07) is 7.62. The number of benzene rings is 1. The molecule has 4 rings (SSSR count). The van der Waals surface area contributed by atoms with Gasteiger partial charge in [0, 0.05) is 43.4 Å². The number of hydrogen-bond donors (Lipinski definition) is 3. The Hall–Kier alpha value is -3.92. The summed E-state index contributed by atoms with van der Waals surface area (Å²) in [6.45, 7) is 4.52. The van der Waals surface area contributed by atoms with Gasteiger partial charge < -0.3 is 29.3 Å². The van der Waals surface area contributed by atoms with Crippen molar-refractivity contribution in [1.29, 1.82) is 5.41 Å². The molecule has 0 radical (unpaired) electrons. The summed E-state index contributed by atoms with van der Waals surface area (Å²) in [5, 5.41) is 25.1. The Balaban J connectivity index is 1.78. The van der Waals surface area contributed by atoms with Crippen LogP contribution >= 0.6 is 0 Å². The van der Waals surface area contributed by atoms with E-state index in [-0.39, 0.29) is 28.9 Å². The maximum atomic E-state index is 12.2. The second kappa shape index (κ2) is 10.4. The van der Waals surface area contributed by atoms with Crippen molar-refractivity contribution in [3.8, 4) is 11.5 Å². The monoisotopic (exact) mass is 494 g/mol. The van der Waals surface area contributed by atoms with Gasteiger partial charge in [0.15, 0.2) is 5.76 Å². The Labute approximate surface area is 209 Å². The van der Waals surface area contributed by atoms with Crippen LogP contribution < -0.4 is 19.7 Å². The summed E-state index contributed by atoms with van der Waals surface area (Å²) in [5.74, 6) is 1.13. The van der Waals surface area contributed by atoms with E-state index in [1.54, 1.807) is 20.4 Å². The van der Waals surface area contributed by atoms with E-state index in [0.29, 0.717) is 35.2 Å². The van der Waals surface area contributed by atoms with Gasteiger partial charge in [-0.3, -0.25) is 5.41 Å². The van der Waals surface area contributed by atoms with Crippen LogP contribution in [0.4, 0.5) is 11.5 Å². The van der Waals surface area contributed by atoms with Crippen molar-refractivity contribution >= 4 is 23.2 Å². The second-order valence-electron chi connectivity index (χ2n) is 9.27. The number of methoxy groups -OCH3 is 2. The summed E-state index contributed by atoms with van der Waals surface area (Å²) in [7, 11) is 5.08. The number of nitrogens with one attached hydrogen (secondary N) is 1. The zero-order valence-corrected chi connectivity index (χ0v) is 21.2. The molecule has 36 heavy (non-hydrogen) atoms. The fourth-order valence-corrected chi connectivity index (χ4v) is 4.24. The van der Waals surface area contributed by atoms with Crippen molar-refractivity contribution in [2.24, 2.45) is 0 Å². The number of nitrogens with zero attached hydrogens (tertiary/aromatic N) is 3. The van der Waals surface area contributed by atoms with Crippen LogP contribution in [0.1, 0.15) is 65.5 Å². The number of carbonyl (C=O) groups is 1. The summed E-state index contributed by atoms with van der Waals surface area (Å²) in [5.41, 5.74) is 2.13. The van der Waals surface area contributed by atoms with E-state index in [0.717, 1.165) is 24.1 Å². The number of nitrogens with two attached hydrogens (primary N) is 1. The van der Waals surface area contributed by atoms with Gasteiger partial charge in [0.05, 0.1) is 20.3 Å². The summed E-state index contributed by atoms with van der Waals surface area (Å²) in [6.07, 6.45) is 3.41. The average Bonchev–Trinajstić information content (AvgIpc) is 3.60. The standard InChI is InChI=1S/C26H31N5O5/c1-14(2)29-18-10-11-28-25(31(3)13-16-8-9-17(34-4)12-19(16)35-5)20(18)22(27)23-21(26(32)33)24(36-30-23)15-6-7-15/h8-12,14-15,27H,6-7,13H2,1-5H3,(H,28,29)(H,32,33)/p+1. The van der Waals surface area contributed by atoms with Gasteiger partial charge >= 0.3 is 5.97 Å². The number of ether oxygens (including phenoxy) is 2. The minimum atomic E-state index is -1.14. The van der Waals surface area contributed by atoms with Crippen molar-refractivity contribution in [2.45, 2.75) is 45.2 Å². The Morgan fingerprint density at radius 1 is 1.25 bits per heavy atom. The predicted octanol–water partition coefficient (Wildman–Crippen LogP) is 3.32. The van der Waals surface area contributed by atoms with E-state index < -0.39 is 5.97 Å². The Morgan fingerprint density at radius 2 is 2.00 bits per heavy atom. The molecular formula is C26H32N5O5+. The fraction of sp³-hybridized carbons (Fsp3) is 0.385. The highest BCUT2D eigenvalue weighted by Crippen LogP contribution is 2.43. The van der Waals surface area contributed by atoms with Crippen molar-refractivity contribution in [3.63, 3.8) is 0 Å². The first-order valence-electron chi connectivity index (χ1n) is 11.8. The molecule has 10 heteroatoms. The summed E-state index contributed by atoms with van der Waals surface area (Å²) < 4.78 is 16.3. The summed E-state index contributed by atoms with van der Waals surface area (Å²) in [4.78, 5) is 18.7. The predicted molar refractivity (Wildman–Crippen MR) is 134 cm³/mol. The molecule has 190 valence electrons. The van der Waals surface area contributed by atoms with Crippen LogP contribution in [0.25, 0.3) is 0 Å². The van der Waals surface area contributed by atoms with Gasteiger partial charge in [-0.25, -0.2) is 9.78 Å². The molecule has 0 unspecified atom stereocenters. The molecule has 1 aliphatic rings. The molecule has 10 nitrogen and oxygen atoms in total. The third kappa shape index (κ3) is 5.03. The van der Waals surface area contributed by atoms with Crippen LogP contribution in [0.15, 0.2) is 35.0 Å². The van der Waals surface area contributed by atoms with Crippen LogP contribution in [0, 0.1) is 5.41 Å². The van der Waals surface area contributed by atoms with E-state index in [1.165, 1.54) is 0 Å². The van der Waals surface area contributed by atoms with Gasteiger partial charge in [-0.2, -0.15) is 0 Å². The van der Waals surface area contributed by atoms with E-state index in [2.05, 4.69) is 10.1 Å². The molecule has 0 atom stereocenters. The van der Waals surface area contributed by atoms with Gasteiger partial charge in [-0.05, 0) is 38.8 Å².